The standard InChI is InChI=1S/C9H11NO2S/c10-8-2-7(8)9-1-6(4-13-9)3-12-5-11/h1,4-5,7-8H,2-3,10H2. The summed E-state index contributed by atoms with van der Waals surface area (Å²) in [5.41, 5.74) is 6.79. The Labute approximate surface area is 80.5 Å². The van der Waals surface area contributed by atoms with Crippen molar-refractivity contribution in [2.75, 3.05) is 0 Å². The van der Waals surface area contributed by atoms with Gasteiger partial charge >= 0.3 is 0 Å². The zero-order valence-corrected chi connectivity index (χ0v) is 7.92. The maximum Gasteiger partial charge on any atom is 0.293 e. The van der Waals surface area contributed by atoms with Crippen molar-refractivity contribution in [3.63, 3.8) is 0 Å². The molecular weight excluding hydrogens is 186 g/mol. The molecule has 3 nitrogen and oxygen atoms in total. The number of thiophene rings is 1. The van der Waals surface area contributed by atoms with Gasteiger partial charge in [0.25, 0.3) is 6.47 Å². The monoisotopic (exact) mass is 197 g/mol. The fourth-order valence-electron chi connectivity index (χ4n) is 1.34. The van der Waals surface area contributed by atoms with Crippen LogP contribution in [0.3, 0.4) is 0 Å². The van der Waals surface area contributed by atoms with Crippen LogP contribution in [-0.2, 0) is 16.1 Å². The quantitative estimate of drug-likeness (QED) is 0.739. The van der Waals surface area contributed by atoms with Crippen molar-refractivity contribution in [2.45, 2.75) is 25.0 Å². The van der Waals surface area contributed by atoms with Crippen LogP contribution in [0.25, 0.3) is 0 Å². The van der Waals surface area contributed by atoms with Crippen LogP contribution in [0.2, 0.25) is 0 Å². The van der Waals surface area contributed by atoms with Gasteiger partial charge in [-0.1, -0.05) is 0 Å². The number of hydrogen-bond acceptors (Lipinski definition) is 4. The van der Waals surface area contributed by atoms with Gasteiger partial charge in [-0.25, -0.2) is 0 Å². The molecule has 0 bridgehead atoms. The van der Waals surface area contributed by atoms with Crippen LogP contribution in [-0.4, -0.2) is 12.5 Å². The number of rotatable bonds is 4. The lowest BCUT2D eigenvalue weighted by Gasteiger charge is -1.92. The molecule has 2 rings (SSSR count). The van der Waals surface area contributed by atoms with Gasteiger partial charge in [-0.05, 0) is 17.9 Å². The molecule has 0 saturated heterocycles. The molecule has 1 fully saturated rings. The van der Waals surface area contributed by atoms with E-state index in [2.05, 4.69) is 10.8 Å². The van der Waals surface area contributed by atoms with E-state index in [0.29, 0.717) is 25.0 Å². The highest BCUT2D eigenvalue weighted by molar-refractivity contribution is 7.10. The minimum atomic E-state index is 0.346. The van der Waals surface area contributed by atoms with Crippen LogP contribution in [0, 0.1) is 0 Å². The average Bonchev–Trinajstić information content (AvgIpc) is 2.67. The highest BCUT2D eigenvalue weighted by Crippen LogP contribution is 2.41. The molecule has 0 spiro atoms. The first kappa shape index (κ1) is 8.72. The number of carbonyl (C=O) groups is 1. The maximum absolute atomic E-state index is 9.94. The molecule has 2 N–H and O–H groups in total. The molecule has 1 aromatic rings. The van der Waals surface area contributed by atoms with Gasteiger partial charge in [0.1, 0.15) is 6.61 Å². The zero-order valence-electron chi connectivity index (χ0n) is 7.10. The van der Waals surface area contributed by atoms with Gasteiger partial charge < -0.3 is 10.5 Å². The van der Waals surface area contributed by atoms with Crippen molar-refractivity contribution in [3.8, 4) is 0 Å². The Bertz CT molecular complexity index is 310. The molecule has 1 aliphatic rings. The SMILES string of the molecule is NC1CC1c1cc(COC=O)cs1. The average molecular weight is 197 g/mol. The fraction of sp³-hybridized carbons (Fsp3) is 0.444. The predicted octanol–water partition coefficient (Wildman–Crippen LogP) is 1.24. The second kappa shape index (κ2) is 3.47. The Balaban J connectivity index is 1.97. The third-order valence-electron chi connectivity index (χ3n) is 2.20. The number of ether oxygens (including phenoxy) is 1. The molecule has 0 aliphatic heterocycles. The third kappa shape index (κ3) is 1.89. The van der Waals surface area contributed by atoms with Crippen LogP contribution in [0.4, 0.5) is 0 Å². The molecule has 2 atom stereocenters. The molecule has 1 aliphatic carbocycles. The smallest absolute Gasteiger partial charge is 0.293 e. The molecule has 0 aromatic carbocycles. The molecular formula is C9H11NO2S. The van der Waals surface area contributed by atoms with E-state index in [1.165, 1.54) is 4.88 Å². The first-order valence-corrected chi connectivity index (χ1v) is 5.07. The van der Waals surface area contributed by atoms with Crippen molar-refractivity contribution >= 4 is 17.8 Å². The Kier molecular flexibility index (Phi) is 2.33. The Hall–Kier alpha value is -0.870. The molecule has 0 amide bonds. The second-order valence-electron chi connectivity index (χ2n) is 3.27. The van der Waals surface area contributed by atoms with Gasteiger partial charge in [-0.2, -0.15) is 0 Å². The lowest BCUT2D eigenvalue weighted by atomic mass is 10.2. The van der Waals surface area contributed by atoms with E-state index in [0.717, 1.165) is 12.0 Å². The lowest BCUT2D eigenvalue weighted by molar-refractivity contribution is -0.129. The fourth-order valence-corrected chi connectivity index (χ4v) is 2.43. The number of hydrogen-bond donors (Lipinski definition) is 1. The van der Waals surface area contributed by atoms with Gasteiger partial charge in [0.15, 0.2) is 0 Å². The zero-order chi connectivity index (χ0) is 9.26. The second-order valence-corrected chi connectivity index (χ2v) is 4.21. The third-order valence-corrected chi connectivity index (χ3v) is 3.31. The van der Waals surface area contributed by atoms with E-state index < -0.39 is 0 Å². The van der Waals surface area contributed by atoms with Crippen LogP contribution in [0.1, 0.15) is 22.8 Å². The summed E-state index contributed by atoms with van der Waals surface area (Å²) in [5, 5.41) is 2.02. The number of nitrogens with two attached hydrogens (primary N) is 1. The molecule has 0 radical (unpaired) electrons. The Morgan fingerprint density at radius 2 is 2.54 bits per heavy atom. The van der Waals surface area contributed by atoms with Gasteiger partial charge in [0, 0.05) is 22.4 Å². The first-order chi connectivity index (χ1) is 6.31. The molecule has 1 saturated carbocycles. The van der Waals surface area contributed by atoms with Crippen LogP contribution < -0.4 is 5.73 Å². The Morgan fingerprint density at radius 3 is 3.15 bits per heavy atom. The normalized spacial score (nSPS) is 25.6. The molecule has 4 heteroatoms. The van der Waals surface area contributed by atoms with Crippen LogP contribution in [0.15, 0.2) is 11.4 Å². The maximum atomic E-state index is 9.94. The summed E-state index contributed by atoms with van der Waals surface area (Å²) in [7, 11) is 0. The highest BCUT2D eigenvalue weighted by Gasteiger charge is 2.35. The van der Waals surface area contributed by atoms with E-state index in [1.54, 1.807) is 11.3 Å². The van der Waals surface area contributed by atoms with Crippen LogP contribution >= 0.6 is 11.3 Å². The van der Waals surface area contributed by atoms with Crippen LogP contribution in [0.5, 0.6) is 0 Å². The van der Waals surface area contributed by atoms with Crippen molar-refractivity contribution in [1.29, 1.82) is 0 Å². The predicted molar refractivity (Wildman–Crippen MR) is 50.5 cm³/mol. The number of carbonyl (C=O) groups excluding carboxylic acids is 1. The van der Waals surface area contributed by atoms with E-state index in [1.807, 2.05) is 5.38 Å². The van der Waals surface area contributed by atoms with E-state index in [9.17, 15) is 4.79 Å². The van der Waals surface area contributed by atoms with E-state index >= 15 is 0 Å². The van der Waals surface area contributed by atoms with Gasteiger partial charge in [0.2, 0.25) is 0 Å². The summed E-state index contributed by atoms with van der Waals surface area (Å²) in [6, 6.07) is 2.42. The summed E-state index contributed by atoms with van der Waals surface area (Å²) >= 11 is 1.70. The summed E-state index contributed by atoms with van der Waals surface area (Å²) < 4.78 is 4.65. The van der Waals surface area contributed by atoms with Gasteiger partial charge in [-0.15, -0.1) is 11.3 Å². The van der Waals surface area contributed by atoms with E-state index in [4.69, 9.17) is 5.73 Å². The molecule has 1 aromatic heterocycles. The highest BCUT2D eigenvalue weighted by atomic mass is 32.1. The van der Waals surface area contributed by atoms with Gasteiger partial charge in [-0.3, -0.25) is 4.79 Å². The summed E-state index contributed by atoms with van der Waals surface area (Å²) in [4.78, 5) is 11.3. The largest absolute Gasteiger partial charge is 0.463 e. The van der Waals surface area contributed by atoms with Crippen molar-refractivity contribution in [2.24, 2.45) is 5.73 Å². The molecule has 1 heterocycles. The minimum Gasteiger partial charge on any atom is -0.463 e. The van der Waals surface area contributed by atoms with Crippen molar-refractivity contribution in [3.05, 3.63) is 21.9 Å². The Morgan fingerprint density at radius 1 is 1.77 bits per heavy atom. The van der Waals surface area contributed by atoms with E-state index in [-0.39, 0.29) is 0 Å². The summed E-state index contributed by atoms with van der Waals surface area (Å²) in [6.45, 7) is 0.849. The summed E-state index contributed by atoms with van der Waals surface area (Å²) in [6.07, 6.45) is 1.09. The lowest BCUT2D eigenvalue weighted by Crippen LogP contribution is -1.99. The topological polar surface area (TPSA) is 52.3 Å². The molecule has 70 valence electrons. The van der Waals surface area contributed by atoms with Gasteiger partial charge in [0.05, 0.1) is 0 Å². The van der Waals surface area contributed by atoms with Crippen molar-refractivity contribution < 1.29 is 9.53 Å². The molecule has 13 heavy (non-hydrogen) atoms. The minimum absolute atomic E-state index is 0.346. The van der Waals surface area contributed by atoms with Crippen molar-refractivity contribution in [1.82, 2.24) is 0 Å². The molecule has 2 unspecified atom stereocenters. The first-order valence-electron chi connectivity index (χ1n) is 4.19. The summed E-state index contributed by atoms with van der Waals surface area (Å²) in [5.74, 6) is 0.551.